The zero-order valence-corrected chi connectivity index (χ0v) is 44.0. The monoisotopic (exact) mass is 1080 g/mol. The molecule has 3 N–H and O–H groups in total. The Morgan fingerprint density at radius 3 is 1.72 bits per heavy atom. The van der Waals surface area contributed by atoms with Gasteiger partial charge in [0.15, 0.2) is 37.0 Å². The molecule has 0 aromatic heterocycles. The number of aliphatic hydroxyl groups excluding tert-OH is 2. The number of ether oxygens (including phenoxy) is 14. The van der Waals surface area contributed by atoms with E-state index in [1.165, 1.54) is 20.8 Å². The summed E-state index contributed by atoms with van der Waals surface area (Å²) < 4.78 is 81.3. The van der Waals surface area contributed by atoms with Gasteiger partial charge in [-0.1, -0.05) is 0 Å². The first kappa shape index (κ1) is 63.3. The highest BCUT2D eigenvalue weighted by molar-refractivity contribution is 5.93. The Morgan fingerprint density at radius 1 is 0.693 bits per heavy atom. The summed E-state index contributed by atoms with van der Waals surface area (Å²) in [5.41, 5.74) is -1.18. The number of amides is 3. The summed E-state index contributed by atoms with van der Waals surface area (Å²) in [5, 5.41) is 24.4. The molecule has 0 aromatic carbocycles. The van der Waals surface area contributed by atoms with Crippen molar-refractivity contribution in [3.63, 3.8) is 0 Å². The van der Waals surface area contributed by atoms with Crippen molar-refractivity contribution < 1.29 is 129 Å². The minimum Gasteiger partial charge on any atom is -0.465 e. The van der Waals surface area contributed by atoms with Crippen LogP contribution in [0, 0.1) is 5.41 Å². The van der Waals surface area contributed by atoms with Crippen molar-refractivity contribution >= 4 is 65.5 Å². The van der Waals surface area contributed by atoms with Gasteiger partial charge in [-0.25, -0.2) is 4.79 Å². The quantitative estimate of drug-likeness (QED) is 0.0872. The van der Waals surface area contributed by atoms with Gasteiger partial charge in [0.1, 0.15) is 68.0 Å². The molecular formula is C46H68N2O27. The van der Waals surface area contributed by atoms with Gasteiger partial charge in [0.25, 0.3) is 5.79 Å². The van der Waals surface area contributed by atoms with Gasteiger partial charge in [0.05, 0.1) is 25.6 Å². The van der Waals surface area contributed by atoms with Crippen LogP contribution in [0.3, 0.4) is 0 Å². The fourth-order valence-corrected chi connectivity index (χ4v) is 8.52. The fourth-order valence-electron chi connectivity index (χ4n) is 8.52. The molecule has 0 unspecified atom stereocenters. The van der Waals surface area contributed by atoms with E-state index < -0.39 is 195 Å². The molecule has 0 aliphatic carbocycles. The summed E-state index contributed by atoms with van der Waals surface area (Å²) in [6.07, 6.45) is -26.6. The summed E-state index contributed by atoms with van der Waals surface area (Å²) >= 11 is 0. The van der Waals surface area contributed by atoms with E-state index in [0.29, 0.717) is 4.90 Å². The van der Waals surface area contributed by atoms with Gasteiger partial charge in [0.2, 0.25) is 17.7 Å². The third kappa shape index (κ3) is 16.8. The van der Waals surface area contributed by atoms with Gasteiger partial charge in [-0.3, -0.25) is 52.8 Å². The standard InChI is InChI=1S/C46H68N2O27/c1-19(50)47-32-37(34(59)29(16-49)71-41(32)62-13)73-42-40(70-27(9)58)39(36(69-26(8)57)31(72-42)18-65-43(60)45(10,11)12)75-46(44(61)63-14)15-28(66-23(5)54)33(48(20(2)51)21(3)52)38(74-46)35(68-25(7)56)30(67-24(6)55)17-64-22(4)53/h28-42,49,59H,15-18H2,1-14H3,(H,47,50)/t28-,29+,30+,31+,32+,33+,34-,35+,36-,37+,38+,39-,40+,41-,42-,46-/m0/s1. The molecule has 16 atom stereocenters. The molecule has 0 saturated carbocycles. The lowest BCUT2D eigenvalue weighted by Crippen LogP contribution is -2.73. The molecule has 3 aliphatic heterocycles. The zero-order chi connectivity index (χ0) is 57.0. The van der Waals surface area contributed by atoms with Crippen LogP contribution in [-0.4, -0.2) is 212 Å². The van der Waals surface area contributed by atoms with E-state index in [1.807, 2.05) is 0 Å². The average Bonchev–Trinajstić information content (AvgIpc) is 3.28. The van der Waals surface area contributed by atoms with Crippen molar-refractivity contribution in [2.75, 3.05) is 34.0 Å². The number of carbonyl (C=O) groups excluding carboxylic acids is 11. The first-order chi connectivity index (χ1) is 34.8. The second kappa shape index (κ2) is 27.2. The first-order valence-electron chi connectivity index (χ1n) is 23.3. The van der Waals surface area contributed by atoms with Crippen molar-refractivity contribution in [2.24, 2.45) is 5.41 Å². The van der Waals surface area contributed by atoms with Crippen LogP contribution in [0.25, 0.3) is 0 Å². The Bertz CT molecular complexity index is 2100. The highest BCUT2D eigenvalue weighted by Crippen LogP contribution is 2.43. The third-order valence-corrected chi connectivity index (χ3v) is 11.3. The maximum absolute atomic E-state index is 14.8. The van der Waals surface area contributed by atoms with Crippen LogP contribution in [0.5, 0.6) is 0 Å². The highest BCUT2D eigenvalue weighted by Gasteiger charge is 2.65. The Balaban J connectivity index is 2.58. The maximum atomic E-state index is 14.8. The number of rotatable bonds is 20. The molecule has 3 heterocycles. The summed E-state index contributed by atoms with van der Waals surface area (Å²) in [6, 6.07) is -3.46. The van der Waals surface area contributed by atoms with E-state index in [0.717, 1.165) is 76.5 Å². The Labute approximate surface area is 430 Å². The molecule has 3 amide bonds. The zero-order valence-electron chi connectivity index (χ0n) is 44.0. The summed E-state index contributed by atoms with van der Waals surface area (Å²) in [4.78, 5) is 146. The molecule has 3 rings (SSSR count). The lowest BCUT2D eigenvalue weighted by molar-refractivity contribution is -0.383. The van der Waals surface area contributed by atoms with Crippen LogP contribution in [0.2, 0.25) is 0 Å². The smallest absolute Gasteiger partial charge is 0.366 e. The van der Waals surface area contributed by atoms with E-state index in [1.54, 1.807) is 0 Å². The molecular weight excluding hydrogens is 1010 g/mol. The summed E-state index contributed by atoms with van der Waals surface area (Å²) in [7, 11) is 1.98. The van der Waals surface area contributed by atoms with Crippen LogP contribution >= 0.6 is 0 Å². The van der Waals surface area contributed by atoms with Crippen LogP contribution in [0.15, 0.2) is 0 Å². The maximum Gasteiger partial charge on any atom is 0.366 e. The summed E-state index contributed by atoms with van der Waals surface area (Å²) in [6.45, 7) is 10.2. The lowest BCUT2D eigenvalue weighted by atomic mass is 9.86. The minimum absolute atomic E-state index is 0.505. The van der Waals surface area contributed by atoms with Crippen LogP contribution < -0.4 is 5.32 Å². The molecule has 3 aliphatic rings. The molecule has 0 radical (unpaired) electrons. The van der Waals surface area contributed by atoms with Gasteiger partial charge >= 0.3 is 47.8 Å². The Hall–Kier alpha value is -5.95. The fraction of sp³-hybridized carbons (Fsp3) is 0.761. The number of hydrogen-bond acceptors (Lipinski definition) is 27. The SMILES string of the molecule is COC(=O)[C@@]1(O[C@H]2[C@@H](OC(C)=O)[C@@H](COC(=O)C(C)(C)C)O[C@@H](O[C@H]3[C@@H](O)[C@@H](CO)O[C@H](OC)[C@@H]3NC(C)=O)[C@@H]2OC(C)=O)C[C@H](OC(C)=O)[C@@H](N(C(C)=O)C(C)=O)[C@H]([C@H](OC(C)=O)[C@@H](COC(C)=O)OC(C)=O)O1. The van der Waals surface area contributed by atoms with Gasteiger partial charge in [-0.05, 0) is 20.8 Å². The molecule has 3 saturated heterocycles. The number of nitrogens with zero attached hydrogens (tertiary/aromatic N) is 1. The molecule has 75 heavy (non-hydrogen) atoms. The minimum atomic E-state index is -3.22. The van der Waals surface area contributed by atoms with E-state index in [2.05, 4.69) is 5.32 Å². The van der Waals surface area contributed by atoms with Gasteiger partial charge in [-0.2, -0.15) is 0 Å². The van der Waals surface area contributed by atoms with Crippen molar-refractivity contribution in [1.29, 1.82) is 0 Å². The molecule has 29 nitrogen and oxygen atoms in total. The van der Waals surface area contributed by atoms with E-state index in [9.17, 15) is 63.0 Å². The predicted octanol–water partition coefficient (Wildman–Crippen LogP) is -2.06. The van der Waals surface area contributed by atoms with Gasteiger partial charge in [0, 0.05) is 69.4 Å². The molecule has 0 spiro atoms. The topological polar surface area (TPSA) is 373 Å². The largest absolute Gasteiger partial charge is 0.465 e. The highest BCUT2D eigenvalue weighted by atomic mass is 16.8. The van der Waals surface area contributed by atoms with E-state index in [4.69, 9.17) is 66.3 Å². The lowest BCUT2D eigenvalue weighted by Gasteiger charge is -2.53. The van der Waals surface area contributed by atoms with E-state index >= 15 is 0 Å². The second-order valence-electron chi connectivity index (χ2n) is 18.5. The molecule has 0 bridgehead atoms. The first-order valence-corrected chi connectivity index (χ1v) is 23.3. The Morgan fingerprint density at radius 2 is 1.25 bits per heavy atom. The van der Waals surface area contributed by atoms with Gasteiger partial charge in [-0.15, -0.1) is 0 Å². The van der Waals surface area contributed by atoms with Crippen molar-refractivity contribution in [1.82, 2.24) is 10.2 Å². The molecule has 29 heteroatoms. The van der Waals surface area contributed by atoms with Gasteiger partial charge < -0.3 is 81.8 Å². The molecule has 3 fully saturated rings. The van der Waals surface area contributed by atoms with Crippen molar-refractivity contribution in [3.8, 4) is 0 Å². The number of esters is 8. The second-order valence-corrected chi connectivity index (χ2v) is 18.5. The van der Waals surface area contributed by atoms with Crippen molar-refractivity contribution in [2.45, 2.75) is 187 Å². The predicted molar refractivity (Wildman–Crippen MR) is 241 cm³/mol. The van der Waals surface area contributed by atoms with Crippen LogP contribution in [-0.2, 0) is 119 Å². The number of aliphatic hydroxyl groups is 2. The summed E-state index contributed by atoms with van der Waals surface area (Å²) in [5.74, 6) is -15.1. The van der Waals surface area contributed by atoms with Crippen LogP contribution in [0.1, 0.15) is 89.5 Å². The Kier molecular flexibility index (Phi) is 23.0. The number of hydrogen-bond donors (Lipinski definition) is 3. The number of nitrogens with one attached hydrogen (secondary N) is 1. The number of methoxy groups -OCH3 is 2. The van der Waals surface area contributed by atoms with E-state index in [-0.39, 0.29) is 0 Å². The molecule has 0 aromatic rings. The van der Waals surface area contributed by atoms with Crippen LogP contribution in [0.4, 0.5) is 0 Å². The molecule has 424 valence electrons. The number of imide groups is 1. The third-order valence-electron chi connectivity index (χ3n) is 11.3. The number of carbonyl (C=O) groups is 11. The normalized spacial score (nSPS) is 30.4. The van der Waals surface area contributed by atoms with Crippen molar-refractivity contribution in [3.05, 3.63) is 0 Å². The average molecular weight is 1080 g/mol.